The highest BCUT2D eigenvalue weighted by molar-refractivity contribution is 7.03. The molecule has 9 heteroatoms. The van der Waals surface area contributed by atoms with E-state index in [9.17, 15) is 9.59 Å². The molecule has 188 valence electrons. The Morgan fingerprint density at radius 2 is 1.76 bits per heavy atom. The summed E-state index contributed by atoms with van der Waals surface area (Å²) in [5, 5.41) is 8.65. The molecule has 3 aromatic carbocycles. The van der Waals surface area contributed by atoms with Crippen LogP contribution in [0.25, 0.3) is 0 Å². The molecule has 1 atom stereocenters. The second-order valence-electron chi connectivity index (χ2n) is 8.93. The van der Waals surface area contributed by atoms with E-state index in [0.29, 0.717) is 22.7 Å². The smallest absolute Gasteiger partial charge is 0.280 e. The molecule has 1 N–H and O–H groups in total. The average molecular weight is 515 g/mol. The predicted molar refractivity (Wildman–Crippen MR) is 141 cm³/mol. The first-order valence-corrected chi connectivity index (χ1v) is 12.7. The maximum absolute atomic E-state index is 14.0. The maximum atomic E-state index is 14.0. The predicted octanol–water partition coefficient (Wildman–Crippen LogP) is 4.90. The molecule has 4 aromatic rings. The molecule has 1 aliphatic heterocycles. The van der Waals surface area contributed by atoms with Gasteiger partial charge in [-0.15, -0.1) is 5.10 Å². The van der Waals surface area contributed by atoms with Crippen LogP contribution in [0.2, 0.25) is 0 Å². The molecule has 0 spiro atoms. The van der Waals surface area contributed by atoms with Crippen LogP contribution in [0.15, 0.2) is 66.0 Å². The quantitative estimate of drug-likeness (QED) is 0.377. The number of hydrogen-bond acceptors (Lipinski definition) is 7. The number of carbonyl (C=O) groups is 2. The fourth-order valence-corrected chi connectivity index (χ4v) is 4.94. The van der Waals surface area contributed by atoms with Crippen LogP contribution in [-0.4, -0.2) is 28.2 Å². The molecule has 0 saturated carbocycles. The minimum atomic E-state index is -0.942. The summed E-state index contributed by atoms with van der Waals surface area (Å²) in [4.78, 5) is 29.5. The highest BCUT2D eigenvalue weighted by Crippen LogP contribution is 2.35. The Morgan fingerprint density at radius 3 is 2.49 bits per heavy atom. The fraction of sp³-hybridized carbons (Fsp3) is 0.214. The van der Waals surface area contributed by atoms with Crippen molar-refractivity contribution in [1.29, 1.82) is 0 Å². The summed E-state index contributed by atoms with van der Waals surface area (Å²) in [6, 6.07) is 18.0. The van der Waals surface area contributed by atoms with Crippen molar-refractivity contribution in [3.05, 3.63) is 99.6 Å². The monoisotopic (exact) mass is 514 g/mol. The van der Waals surface area contributed by atoms with Crippen LogP contribution in [0.4, 0.5) is 5.69 Å². The van der Waals surface area contributed by atoms with Crippen LogP contribution < -0.4 is 19.7 Å². The van der Waals surface area contributed by atoms with Gasteiger partial charge in [0.15, 0.2) is 17.2 Å². The summed E-state index contributed by atoms with van der Waals surface area (Å²) in [6.07, 6.45) is 0. The molecule has 2 heterocycles. The Kier molecular flexibility index (Phi) is 6.87. The largest absolute Gasteiger partial charge is 0.454 e. The highest BCUT2D eigenvalue weighted by Gasteiger charge is 2.36. The maximum Gasteiger partial charge on any atom is 0.280 e. The number of benzene rings is 3. The zero-order chi connectivity index (χ0) is 25.9. The number of carbonyl (C=O) groups excluding carboxylic acids is 2. The lowest BCUT2D eigenvalue weighted by Gasteiger charge is -2.33. The van der Waals surface area contributed by atoms with Crippen molar-refractivity contribution in [2.45, 2.75) is 33.4 Å². The number of fused-ring (bicyclic) bond motifs is 1. The number of anilines is 1. The number of rotatable bonds is 7. The number of amides is 2. The third-order valence-corrected chi connectivity index (χ3v) is 6.75. The van der Waals surface area contributed by atoms with Gasteiger partial charge in [0, 0.05) is 11.9 Å². The SMILES string of the molecule is Cc1cccc([C@@H](C(=O)NCc2ccc3c(c2)OCO3)N(C(=O)c2csnn2)c2c(C)cccc2C)c1. The van der Waals surface area contributed by atoms with E-state index in [1.54, 1.807) is 10.3 Å². The summed E-state index contributed by atoms with van der Waals surface area (Å²) in [5.41, 5.74) is 5.14. The molecule has 0 fully saturated rings. The number of aryl methyl sites for hydroxylation is 3. The van der Waals surface area contributed by atoms with Crippen LogP contribution in [0.1, 0.15) is 44.3 Å². The number of aromatic nitrogens is 2. The van der Waals surface area contributed by atoms with Gasteiger partial charge in [0.1, 0.15) is 6.04 Å². The second kappa shape index (κ2) is 10.4. The standard InChI is InChI=1S/C28H26N4O4S/c1-17-6-4-9-21(12-17)26(27(33)29-14-20-10-11-23-24(13-20)36-16-35-23)32(28(34)22-15-37-31-30-22)25-18(2)7-5-8-19(25)3/h4-13,15,26H,14,16H2,1-3H3,(H,29,33)/t26-/m0/s1. The van der Waals surface area contributed by atoms with Gasteiger partial charge < -0.3 is 14.8 Å². The van der Waals surface area contributed by atoms with Crippen LogP contribution in [0.5, 0.6) is 11.5 Å². The topological polar surface area (TPSA) is 93.7 Å². The van der Waals surface area contributed by atoms with Gasteiger partial charge in [-0.25, -0.2) is 0 Å². The summed E-state index contributed by atoms with van der Waals surface area (Å²) in [7, 11) is 0. The van der Waals surface area contributed by atoms with Gasteiger partial charge in [-0.05, 0) is 66.7 Å². The minimum Gasteiger partial charge on any atom is -0.454 e. The Balaban J connectivity index is 1.56. The van der Waals surface area contributed by atoms with Gasteiger partial charge in [-0.2, -0.15) is 0 Å². The zero-order valence-electron chi connectivity index (χ0n) is 20.7. The number of nitrogens with one attached hydrogen (secondary N) is 1. The van der Waals surface area contributed by atoms with Crippen LogP contribution >= 0.6 is 11.5 Å². The van der Waals surface area contributed by atoms with Crippen molar-refractivity contribution in [3.63, 3.8) is 0 Å². The molecule has 37 heavy (non-hydrogen) atoms. The summed E-state index contributed by atoms with van der Waals surface area (Å²) in [6.45, 7) is 6.25. The molecule has 0 radical (unpaired) electrons. The number of ether oxygens (including phenoxy) is 2. The normalized spacial score (nSPS) is 12.7. The van der Waals surface area contributed by atoms with Crippen molar-refractivity contribution < 1.29 is 19.1 Å². The zero-order valence-corrected chi connectivity index (χ0v) is 21.5. The van der Waals surface area contributed by atoms with E-state index in [4.69, 9.17) is 9.47 Å². The lowest BCUT2D eigenvalue weighted by atomic mass is 9.98. The first kappa shape index (κ1) is 24.5. The molecule has 1 aliphatic rings. The lowest BCUT2D eigenvalue weighted by molar-refractivity contribution is -0.122. The average Bonchev–Trinajstić information content (AvgIpc) is 3.58. The Bertz CT molecular complexity index is 1430. The Hall–Kier alpha value is -4.24. The molecule has 0 bridgehead atoms. The Labute approximate surface area is 219 Å². The number of para-hydroxylation sites is 1. The van der Waals surface area contributed by atoms with Gasteiger partial charge >= 0.3 is 0 Å². The molecule has 0 saturated heterocycles. The van der Waals surface area contributed by atoms with E-state index in [1.807, 2.05) is 81.4 Å². The van der Waals surface area contributed by atoms with E-state index < -0.39 is 11.9 Å². The van der Waals surface area contributed by atoms with Crippen molar-refractivity contribution in [2.24, 2.45) is 0 Å². The van der Waals surface area contributed by atoms with E-state index in [2.05, 4.69) is 14.9 Å². The number of nitrogens with zero attached hydrogens (tertiary/aromatic N) is 3. The molecule has 0 aliphatic carbocycles. The second-order valence-corrected chi connectivity index (χ2v) is 9.54. The van der Waals surface area contributed by atoms with E-state index in [1.165, 1.54) is 0 Å². The summed E-state index contributed by atoms with van der Waals surface area (Å²) < 4.78 is 14.7. The van der Waals surface area contributed by atoms with E-state index in [-0.39, 0.29) is 24.9 Å². The van der Waals surface area contributed by atoms with Gasteiger partial charge in [0.2, 0.25) is 12.7 Å². The van der Waals surface area contributed by atoms with E-state index >= 15 is 0 Å². The minimum absolute atomic E-state index is 0.179. The van der Waals surface area contributed by atoms with Crippen LogP contribution in [0.3, 0.4) is 0 Å². The van der Waals surface area contributed by atoms with Crippen molar-refractivity contribution >= 4 is 29.0 Å². The molecule has 5 rings (SSSR count). The highest BCUT2D eigenvalue weighted by atomic mass is 32.1. The van der Waals surface area contributed by atoms with Crippen molar-refractivity contribution in [1.82, 2.24) is 14.9 Å². The van der Waals surface area contributed by atoms with Gasteiger partial charge in [-0.3, -0.25) is 14.5 Å². The molecule has 0 unspecified atom stereocenters. The first-order valence-electron chi connectivity index (χ1n) is 11.8. The molecule has 2 amide bonds. The van der Waals surface area contributed by atoms with Gasteiger partial charge in [0.05, 0.1) is 5.69 Å². The van der Waals surface area contributed by atoms with Gasteiger partial charge in [0.25, 0.3) is 5.91 Å². The molecular formula is C28H26N4O4S. The van der Waals surface area contributed by atoms with Crippen molar-refractivity contribution in [3.8, 4) is 11.5 Å². The van der Waals surface area contributed by atoms with Crippen LogP contribution in [0, 0.1) is 20.8 Å². The van der Waals surface area contributed by atoms with E-state index in [0.717, 1.165) is 33.8 Å². The third kappa shape index (κ3) is 5.03. The fourth-order valence-electron chi connectivity index (χ4n) is 4.51. The van der Waals surface area contributed by atoms with Crippen molar-refractivity contribution in [2.75, 3.05) is 11.7 Å². The van der Waals surface area contributed by atoms with Crippen LogP contribution in [-0.2, 0) is 11.3 Å². The molecule has 8 nitrogen and oxygen atoms in total. The Morgan fingerprint density at radius 1 is 1.00 bits per heavy atom. The molecular weight excluding hydrogens is 488 g/mol. The summed E-state index contributed by atoms with van der Waals surface area (Å²) in [5.74, 6) is 0.611. The lowest BCUT2D eigenvalue weighted by Crippen LogP contribution is -2.44. The number of hydrogen-bond donors (Lipinski definition) is 1. The van der Waals surface area contributed by atoms with Gasteiger partial charge in [-0.1, -0.05) is 58.6 Å². The summed E-state index contributed by atoms with van der Waals surface area (Å²) >= 11 is 1.09. The third-order valence-electron chi connectivity index (χ3n) is 6.25. The first-order chi connectivity index (χ1) is 17.9. The molecule has 1 aromatic heterocycles.